The number of hydrogen-bond acceptors (Lipinski definition) is 2. The van der Waals surface area contributed by atoms with E-state index < -0.39 is 11.9 Å². The summed E-state index contributed by atoms with van der Waals surface area (Å²) in [4.78, 5) is 23.8. The van der Waals surface area contributed by atoms with Crippen molar-refractivity contribution in [2.75, 3.05) is 0 Å². The van der Waals surface area contributed by atoms with Gasteiger partial charge in [0.15, 0.2) is 0 Å². The van der Waals surface area contributed by atoms with Gasteiger partial charge in [0.25, 0.3) is 0 Å². The summed E-state index contributed by atoms with van der Waals surface area (Å²) >= 11 is 13.2. The molecule has 0 heterocycles. The van der Waals surface area contributed by atoms with Gasteiger partial charge in [0.05, 0.1) is 11.1 Å². The van der Waals surface area contributed by atoms with Crippen LogP contribution in [0.15, 0.2) is 54.3 Å². The Bertz CT molecular complexity index is 803. The monoisotopic (exact) mass is 580 g/mol. The molecule has 0 aliphatic rings. The molecule has 0 spiro atoms. The second kappa shape index (κ2) is 7.95. The zero-order chi connectivity index (χ0) is 18.0. The number of carboxylic acid groups (broad SMARTS) is 2. The van der Waals surface area contributed by atoms with Gasteiger partial charge in [-0.05, 0) is 75.9 Å². The van der Waals surface area contributed by atoms with E-state index >= 15 is 0 Å². The Hall–Kier alpha value is -0.960. The highest BCUT2D eigenvalue weighted by Gasteiger charge is 2.27. The van der Waals surface area contributed by atoms with Gasteiger partial charge < -0.3 is 10.2 Å². The van der Waals surface area contributed by atoms with Crippen LogP contribution < -0.4 is 0 Å². The van der Waals surface area contributed by atoms with Gasteiger partial charge in [-0.1, -0.05) is 24.3 Å². The molecule has 0 saturated carbocycles. The maximum atomic E-state index is 11.9. The minimum Gasteiger partial charge on any atom is -0.478 e. The molecule has 0 fully saturated rings. The fourth-order valence-corrected chi connectivity index (χ4v) is 3.76. The van der Waals surface area contributed by atoms with Crippen LogP contribution in [-0.2, 0) is 9.59 Å². The second-order valence-electron chi connectivity index (χ2n) is 4.56. The number of carbonyl (C=O) groups is 2. The number of aliphatic carboxylic acids is 2. The van der Waals surface area contributed by atoms with E-state index in [1.54, 1.807) is 36.4 Å². The van der Waals surface area contributed by atoms with Gasteiger partial charge in [-0.2, -0.15) is 0 Å². The molecule has 0 amide bonds. The normalized spacial score (nSPS) is 11.8. The summed E-state index contributed by atoms with van der Waals surface area (Å²) in [6, 6.07) is 9.83. The van der Waals surface area contributed by atoms with Crippen LogP contribution in [0.3, 0.4) is 0 Å². The molecule has 2 rings (SSSR count). The van der Waals surface area contributed by atoms with Crippen molar-refractivity contribution in [1.82, 2.24) is 0 Å². The molecule has 2 N–H and O–H groups in total. The molecular weight excluding hydrogens is 576 g/mol. The molecule has 0 aliphatic heterocycles. The molecular formula is C16H8Br4O4. The molecule has 24 heavy (non-hydrogen) atoms. The fraction of sp³-hybridized carbons (Fsp3) is 0. The molecule has 0 atom stereocenters. The minimum absolute atomic E-state index is 0.265. The van der Waals surface area contributed by atoms with Gasteiger partial charge in [0, 0.05) is 29.0 Å². The third-order valence-corrected chi connectivity index (χ3v) is 7.21. The van der Waals surface area contributed by atoms with Crippen molar-refractivity contribution in [2.24, 2.45) is 0 Å². The molecule has 8 heteroatoms. The third-order valence-electron chi connectivity index (χ3n) is 3.12. The average molecular weight is 584 g/mol. The Kier molecular flexibility index (Phi) is 6.41. The number of carboxylic acids is 2. The first kappa shape index (κ1) is 19.4. The van der Waals surface area contributed by atoms with E-state index in [4.69, 9.17) is 0 Å². The molecule has 4 nitrogen and oxygen atoms in total. The maximum Gasteiger partial charge on any atom is 0.337 e. The number of benzene rings is 2. The SMILES string of the molecule is O=C(O)/C(=C(/C(=O)O)c1cccc(Br)c1Br)c1cccc(Br)c1Br. The van der Waals surface area contributed by atoms with Gasteiger partial charge in [-0.15, -0.1) is 0 Å². The van der Waals surface area contributed by atoms with E-state index in [9.17, 15) is 19.8 Å². The average Bonchev–Trinajstić information content (AvgIpc) is 2.51. The lowest BCUT2D eigenvalue weighted by Gasteiger charge is -2.14. The number of hydrogen-bond donors (Lipinski definition) is 2. The highest BCUT2D eigenvalue weighted by molar-refractivity contribution is 9.13. The van der Waals surface area contributed by atoms with Crippen LogP contribution in [0.5, 0.6) is 0 Å². The molecule has 0 unspecified atom stereocenters. The summed E-state index contributed by atoms with van der Waals surface area (Å²) in [5, 5.41) is 19.4. The van der Waals surface area contributed by atoms with E-state index in [0.29, 0.717) is 17.9 Å². The first-order valence-electron chi connectivity index (χ1n) is 6.35. The highest BCUT2D eigenvalue weighted by Crippen LogP contribution is 2.39. The standard InChI is InChI=1S/C16H8Br4O4/c17-9-5-1-3-7(13(9)19)11(15(21)22)12(16(23)24)8-4-2-6-10(18)14(8)20/h1-6H,(H,21,22)(H,23,24)/b12-11+. The van der Waals surface area contributed by atoms with Crippen molar-refractivity contribution in [2.45, 2.75) is 0 Å². The molecule has 2 aromatic rings. The molecule has 0 radical (unpaired) electrons. The third kappa shape index (κ3) is 3.82. The number of rotatable bonds is 4. The van der Waals surface area contributed by atoms with Crippen LogP contribution in [-0.4, -0.2) is 22.2 Å². The van der Waals surface area contributed by atoms with E-state index in [1.807, 2.05) is 0 Å². The van der Waals surface area contributed by atoms with Crippen LogP contribution in [0.1, 0.15) is 11.1 Å². The molecule has 2 aromatic carbocycles. The lowest BCUT2D eigenvalue weighted by atomic mass is 9.94. The molecule has 0 aliphatic carbocycles. The molecule has 0 bridgehead atoms. The predicted octanol–water partition coefficient (Wildman–Crippen LogP) is 5.82. The summed E-state index contributed by atoms with van der Waals surface area (Å²) in [6.07, 6.45) is 0. The summed E-state index contributed by atoms with van der Waals surface area (Å²) in [6.45, 7) is 0. The van der Waals surface area contributed by atoms with Crippen LogP contribution in [0, 0.1) is 0 Å². The van der Waals surface area contributed by atoms with Crippen molar-refractivity contribution in [3.05, 3.63) is 65.4 Å². The smallest absolute Gasteiger partial charge is 0.337 e. The minimum atomic E-state index is -1.34. The van der Waals surface area contributed by atoms with Gasteiger partial charge in [0.2, 0.25) is 0 Å². The van der Waals surface area contributed by atoms with Crippen LogP contribution in [0.25, 0.3) is 11.1 Å². The second-order valence-corrected chi connectivity index (χ2v) is 7.86. The number of halogens is 4. The first-order valence-corrected chi connectivity index (χ1v) is 9.52. The van der Waals surface area contributed by atoms with Crippen molar-refractivity contribution in [3.63, 3.8) is 0 Å². The van der Waals surface area contributed by atoms with Crippen LogP contribution in [0.4, 0.5) is 0 Å². The van der Waals surface area contributed by atoms with Crippen molar-refractivity contribution in [3.8, 4) is 0 Å². The highest BCUT2D eigenvalue weighted by atomic mass is 79.9. The van der Waals surface area contributed by atoms with Crippen molar-refractivity contribution >= 4 is 86.8 Å². The Morgan fingerprint density at radius 2 is 1.00 bits per heavy atom. The topological polar surface area (TPSA) is 74.6 Å². The zero-order valence-corrected chi connectivity index (χ0v) is 18.0. The fourth-order valence-electron chi connectivity index (χ4n) is 2.11. The maximum absolute atomic E-state index is 11.9. The van der Waals surface area contributed by atoms with Crippen molar-refractivity contribution < 1.29 is 19.8 Å². The van der Waals surface area contributed by atoms with Gasteiger partial charge in [0.1, 0.15) is 0 Å². The quantitative estimate of drug-likeness (QED) is 0.352. The molecule has 0 saturated heterocycles. The van der Waals surface area contributed by atoms with E-state index in [-0.39, 0.29) is 22.3 Å². The summed E-state index contributed by atoms with van der Waals surface area (Å²) in [5.74, 6) is -2.67. The van der Waals surface area contributed by atoms with E-state index in [2.05, 4.69) is 63.7 Å². The van der Waals surface area contributed by atoms with Crippen LogP contribution >= 0.6 is 63.7 Å². The molecule has 124 valence electrons. The Morgan fingerprint density at radius 3 is 1.29 bits per heavy atom. The van der Waals surface area contributed by atoms with E-state index in [1.165, 1.54) is 0 Å². The summed E-state index contributed by atoms with van der Waals surface area (Å²) in [7, 11) is 0. The van der Waals surface area contributed by atoms with Crippen LogP contribution in [0.2, 0.25) is 0 Å². The van der Waals surface area contributed by atoms with Gasteiger partial charge in [-0.3, -0.25) is 0 Å². The largest absolute Gasteiger partial charge is 0.478 e. The lowest BCUT2D eigenvalue weighted by Crippen LogP contribution is -2.11. The summed E-state index contributed by atoms with van der Waals surface area (Å²) in [5.41, 5.74) is -0.0914. The zero-order valence-electron chi connectivity index (χ0n) is 11.7. The van der Waals surface area contributed by atoms with E-state index in [0.717, 1.165) is 0 Å². The summed E-state index contributed by atoms with van der Waals surface area (Å²) < 4.78 is 2.17. The Morgan fingerprint density at radius 1 is 0.667 bits per heavy atom. The first-order chi connectivity index (χ1) is 11.3. The predicted molar refractivity (Wildman–Crippen MR) is 106 cm³/mol. The lowest BCUT2D eigenvalue weighted by molar-refractivity contribution is -0.132. The Balaban J connectivity index is 2.94. The Labute approximate surface area is 171 Å². The van der Waals surface area contributed by atoms with Gasteiger partial charge >= 0.3 is 11.9 Å². The van der Waals surface area contributed by atoms with Crippen molar-refractivity contribution in [1.29, 1.82) is 0 Å². The van der Waals surface area contributed by atoms with Gasteiger partial charge in [-0.25, -0.2) is 9.59 Å². The molecule has 0 aromatic heterocycles.